The van der Waals surface area contributed by atoms with E-state index in [0.717, 1.165) is 45.0 Å². The van der Waals surface area contributed by atoms with Crippen LogP contribution in [0.15, 0.2) is 22.5 Å². The molecule has 2 fully saturated rings. The Morgan fingerprint density at radius 1 is 1.28 bits per heavy atom. The molecule has 1 aromatic rings. The maximum Gasteiger partial charge on any atom is 0.233 e. The van der Waals surface area contributed by atoms with Crippen LogP contribution in [-0.4, -0.2) is 62.6 Å². The zero-order valence-corrected chi connectivity index (χ0v) is 18.8. The number of likely N-dealkylation sites (tertiary alicyclic amines) is 1. The second-order valence-corrected chi connectivity index (χ2v) is 9.33. The number of likely N-dealkylation sites (N-methyl/N-ethyl adjacent to an activating group) is 1. The van der Waals surface area contributed by atoms with Gasteiger partial charge in [0.2, 0.25) is 5.91 Å². The molecule has 1 aromatic heterocycles. The summed E-state index contributed by atoms with van der Waals surface area (Å²) in [5, 5.41) is 12.0. The van der Waals surface area contributed by atoms with Crippen LogP contribution >= 0.6 is 11.3 Å². The first-order chi connectivity index (χ1) is 14.1. The van der Waals surface area contributed by atoms with Crippen molar-refractivity contribution in [2.45, 2.75) is 63.3 Å². The zero-order valence-electron chi connectivity index (χ0n) is 18.0. The molecule has 0 aromatic carbocycles. The Morgan fingerprint density at radius 2 is 2.03 bits per heavy atom. The van der Waals surface area contributed by atoms with Crippen molar-refractivity contribution in [3.8, 4) is 0 Å². The zero-order chi connectivity index (χ0) is 20.5. The molecule has 1 amide bonds. The van der Waals surface area contributed by atoms with E-state index in [2.05, 4.69) is 45.3 Å². The molecule has 0 radical (unpaired) electrons. The first-order valence-electron chi connectivity index (χ1n) is 11.2. The Labute approximate surface area is 179 Å². The summed E-state index contributed by atoms with van der Waals surface area (Å²) in [5.74, 6) is 1.04. The Morgan fingerprint density at radius 3 is 2.66 bits per heavy atom. The van der Waals surface area contributed by atoms with Crippen LogP contribution in [0.1, 0.15) is 56.7 Å². The number of guanidine groups is 1. The largest absolute Gasteiger partial charge is 0.358 e. The minimum atomic E-state index is 0.0951. The molecule has 29 heavy (non-hydrogen) atoms. The SMILES string of the molecule is CCNC(=NCC1(c2cccs2)CCCCC1)NC1CCN(CC(=O)NC)CC1. The number of nitrogens with one attached hydrogen (secondary N) is 3. The number of carbonyl (C=O) groups excluding carboxylic acids is 1. The van der Waals surface area contributed by atoms with Crippen molar-refractivity contribution in [1.29, 1.82) is 0 Å². The third kappa shape index (κ3) is 6.19. The lowest BCUT2D eigenvalue weighted by atomic mass is 9.73. The summed E-state index contributed by atoms with van der Waals surface area (Å²) in [6.45, 7) is 6.25. The first-order valence-corrected chi connectivity index (χ1v) is 12.0. The molecular weight excluding hydrogens is 382 g/mol. The fourth-order valence-electron chi connectivity index (χ4n) is 4.55. The van der Waals surface area contributed by atoms with Crippen molar-refractivity contribution in [3.63, 3.8) is 0 Å². The number of amides is 1. The van der Waals surface area contributed by atoms with Crippen LogP contribution in [0.3, 0.4) is 0 Å². The molecule has 0 atom stereocenters. The summed E-state index contributed by atoms with van der Waals surface area (Å²) in [5.41, 5.74) is 0.214. The van der Waals surface area contributed by atoms with Crippen molar-refractivity contribution < 1.29 is 4.79 Å². The Bertz CT molecular complexity index is 646. The molecule has 3 rings (SSSR count). The molecule has 7 heteroatoms. The molecule has 2 aliphatic rings. The predicted octanol–water partition coefficient (Wildman–Crippen LogP) is 2.72. The van der Waals surface area contributed by atoms with Crippen molar-refractivity contribution in [1.82, 2.24) is 20.9 Å². The van der Waals surface area contributed by atoms with E-state index in [1.807, 2.05) is 11.3 Å². The van der Waals surface area contributed by atoms with E-state index in [-0.39, 0.29) is 11.3 Å². The van der Waals surface area contributed by atoms with Gasteiger partial charge in [0.25, 0.3) is 0 Å². The summed E-state index contributed by atoms with van der Waals surface area (Å²) in [7, 11) is 1.70. The highest BCUT2D eigenvalue weighted by Crippen LogP contribution is 2.41. The molecule has 1 saturated carbocycles. The van der Waals surface area contributed by atoms with E-state index >= 15 is 0 Å². The van der Waals surface area contributed by atoms with Crippen molar-refractivity contribution in [2.75, 3.05) is 39.8 Å². The van der Waals surface area contributed by atoms with Crippen molar-refractivity contribution in [2.24, 2.45) is 4.99 Å². The minimum absolute atomic E-state index is 0.0951. The van der Waals surface area contributed by atoms with Gasteiger partial charge in [-0.15, -0.1) is 11.3 Å². The van der Waals surface area contributed by atoms with Gasteiger partial charge in [0, 0.05) is 43.0 Å². The van der Waals surface area contributed by atoms with Crippen LogP contribution in [0, 0.1) is 0 Å². The molecule has 0 bridgehead atoms. The average molecular weight is 420 g/mol. The van der Waals surface area contributed by atoms with Gasteiger partial charge < -0.3 is 16.0 Å². The Kier molecular flexibility index (Phi) is 8.36. The van der Waals surface area contributed by atoms with E-state index in [0.29, 0.717) is 12.6 Å². The second-order valence-electron chi connectivity index (χ2n) is 8.38. The third-order valence-corrected chi connectivity index (χ3v) is 7.43. The van der Waals surface area contributed by atoms with E-state index in [4.69, 9.17) is 4.99 Å². The quantitative estimate of drug-likeness (QED) is 0.470. The summed E-state index contributed by atoms with van der Waals surface area (Å²) in [6, 6.07) is 4.89. The van der Waals surface area contributed by atoms with Gasteiger partial charge >= 0.3 is 0 Å². The van der Waals surface area contributed by atoms with Crippen LogP contribution in [-0.2, 0) is 10.2 Å². The van der Waals surface area contributed by atoms with Gasteiger partial charge in [-0.25, -0.2) is 0 Å². The normalized spacial score (nSPS) is 21.0. The van der Waals surface area contributed by atoms with Crippen molar-refractivity contribution in [3.05, 3.63) is 22.4 Å². The second kappa shape index (κ2) is 11.0. The standard InChI is InChI=1S/C22H37N5OS/c1-3-24-21(26-18-9-13-27(14-10-18)16-20(28)23-2)25-17-22(11-5-4-6-12-22)19-8-7-15-29-19/h7-8,15,18H,3-6,9-14,16-17H2,1-2H3,(H,23,28)(H2,24,25,26). The van der Waals surface area contributed by atoms with Crippen LogP contribution in [0.5, 0.6) is 0 Å². The van der Waals surface area contributed by atoms with Crippen LogP contribution < -0.4 is 16.0 Å². The van der Waals surface area contributed by atoms with Crippen molar-refractivity contribution >= 4 is 23.2 Å². The van der Waals surface area contributed by atoms with Gasteiger partial charge in [0.1, 0.15) is 0 Å². The molecule has 0 spiro atoms. The third-order valence-electron chi connectivity index (χ3n) is 6.31. The lowest BCUT2D eigenvalue weighted by Gasteiger charge is -2.36. The van der Waals surface area contributed by atoms with Crippen LogP contribution in [0.2, 0.25) is 0 Å². The van der Waals surface area contributed by atoms with Crippen LogP contribution in [0.4, 0.5) is 0 Å². The van der Waals surface area contributed by atoms with Gasteiger partial charge in [-0.2, -0.15) is 0 Å². The van der Waals surface area contributed by atoms with Crippen LogP contribution in [0.25, 0.3) is 0 Å². The van der Waals surface area contributed by atoms with Gasteiger partial charge in [-0.05, 0) is 44.1 Å². The summed E-state index contributed by atoms with van der Waals surface area (Å²) < 4.78 is 0. The Hall–Kier alpha value is -1.60. The number of carbonyl (C=O) groups is 1. The molecule has 6 nitrogen and oxygen atoms in total. The number of aliphatic imine (C=N–C) groups is 1. The molecule has 1 saturated heterocycles. The predicted molar refractivity (Wildman–Crippen MR) is 122 cm³/mol. The highest BCUT2D eigenvalue weighted by atomic mass is 32.1. The highest BCUT2D eigenvalue weighted by molar-refractivity contribution is 7.10. The number of hydrogen-bond donors (Lipinski definition) is 3. The van der Waals surface area contributed by atoms with E-state index in [1.165, 1.54) is 37.0 Å². The van der Waals surface area contributed by atoms with Gasteiger partial charge in [-0.3, -0.25) is 14.7 Å². The fourth-order valence-corrected chi connectivity index (χ4v) is 5.53. The van der Waals surface area contributed by atoms with Gasteiger partial charge in [-0.1, -0.05) is 25.3 Å². The Balaban J connectivity index is 1.59. The summed E-state index contributed by atoms with van der Waals surface area (Å²) >= 11 is 1.89. The van der Waals surface area contributed by atoms with E-state index < -0.39 is 0 Å². The summed E-state index contributed by atoms with van der Waals surface area (Å²) in [4.78, 5) is 20.4. The van der Waals surface area contributed by atoms with E-state index in [1.54, 1.807) is 7.05 Å². The molecule has 2 heterocycles. The summed E-state index contributed by atoms with van der Waals surface area (Å²) in [6.07, 6.45) is 8.53. The van der Waals surface area contributed by atoms with E-state index in [9.17, 15) is 4.79 Å². The highest BCUT2D eigenvalue weighted by Gasteiger charge is 2.35. The lowest BCUT2D eigenvalue weighted by Crippen LogP contribution is -2.50. The minimum Gasteiger partial charge on any atom is -0.358 e. The fraction of sp³-hybridized carbons (Fsp3) is 0.727. The smallest absolute Gasteiger partial charge is 0.233 e. The monoisotopic (exact) mass is 419 g/mol. The number of piperidine rings is 1. The molecule has 0 unspecified atom stereocenters. The average Bonchev–Trinajstić information content (AvgIpc) is 3.30. The molecule has 162 valence electrons. The molecular formula is C22H37N5OS. The number of rotatable bonds is 7. The number of nitrogens with zero attached hydrogens (tertiary/aromatic N) is 2. The molecule has 1 aliphatic carbocycles. The number of hydrogen-bond acceptors (Lipinski definition) is 4. The molecule has 3 N–H and O–H groups in total. The maximum atomic E-state index is 11.6. The lowest BCUT2D eigenvalue weighted by molar-refractivity contribution is -0.122. The van der Waals surface area contributed by atoms with Gasteiger partial charge in [0.15, 0.2) is 5.96 Å². The number of thiophene rings is 1. The topological polar surface area (TPSA) is 68.8 Å². The van der Waals surface area contributed by atoms with Gasteiger partial charge in [0.05, 0.1) is 13.1 Å². The molecule has 1 aliphatic heterocycles. The first kappa shape index (κ1) is 22.1. The maximum absolute atomic E-state index is 11.6.